The summed E-state index contributed by atoms with van der Waals surface area (Å²) in [5, 5.41) is 7.91. The maximum atomic E-state index is 11.1. The summed E-state index contributed by atoms with van der Waals surface area (Å²) in [5.41, 5.74) is 0.867. The first kappa shape index (κ1) is 13.6. The van der Waals surface area contributed by atoms with Gasteiger partial charge < -0.3 is 0 Å². The van der Waals surface area contributed by atoms with Crippen LogP contribution in [0.5, 0.6) is 0 Å². The Balaban J connectivity index is 0.000000181. The summed E-state index contributed by atoms with van der Waals surface area (Å²) in [7, 11) is 0. The van der Waals surface area contributed by atoms with E-state index < -0.39 is 0 Å². The van der Waals surface area contributed by atoms with Crippen molar-refractivity contribution in [3.63, 3.8) is 0 Å². The van der Waals surface area contributed by atoms with E-state index in [9.17, 15) is 4.79 Å². The van der Waals surface area contributed by atoms with Crippen molar-refractivity contribution in [2.24, 2.45) is 0 Å². The van der Waals surface area contributed by atoms with Gasteiger partial charge in [-0.15, -0.1) is 0 Å². The molecule has 0 saturated carbocycles. The van der Waals surface area contributed by atoms with E-state index in [1.54, 1.807) is 22.7 Å². The molecule has 16 heavy (non-hydrogen) atoms. The maximum Gasteiger partial charge on any atom is 0.163 e. The van der Waals surface area contributed by atoms with Gasteiger partial charge in [0, 0.05) is 27.2 Å². The topological polar surface area (TPSA) is 17.1 Å². The Morgan fingerprint density at radius 1 is 1.25 bits per heavy atom. The lowest BCUT2D eigenvalue weighted by Gasteiger charge is -1.91. The van der Waals surface area contributed by atoms with Gasteiger partial charge in [0.05, 0.1) is 0 Å². The molecule has 0 atom stereocenters. The molecule has 0 amide bonds. The number of halogens is 1. The highest BCUT2D eigenvalue weighted by atomic mass is 79.9. The first-order valence-corrected chi connectivity index (χ1v) is 7.65. The van der Waals surface area contributed by atoms with Crippen LogP contribution in [0.3, 0.4) is 0 Å². The van der Waals surface area contributed by atoms with Crippen molar-refractivity contribution < 1.29 is 4.79 Å². The molecule has 0 fully saturated rings. The summed E-state index contributed by atoms with van der Waals surface area (Å²) in [6.07, 6.45) is 1.62. The summed E-state index contributed by atoms with van der Waals surface area (Å²) in [5.74, 6) is 0.267. The van der Waals surface area contributed by atoms with Gasteiger partial charge in [-0.2, -0.15) is 22.7 Å². The lowest BCUT2D eigenvalue weighted by molar-refractivity contribution is 0.0982. The smallest absolute Gasteiger partial charge is 0.163 e. The molecule has 2 aromatic heterocycles. The van der Waals surface area contributed by atoms with E-state index in [4.69, 9.17) is 0 Å². The summed E-state index contributed by atoms with van der Waals surface area (Å²) in [6.45, 7) is 2.02. The summed E-state index contributed by atoms with van der Waals surface area (Å²) in [4.78, 5) is 11.1. The van der Waals surface area contributed by atoms with Crippen molar-refractivity contribution in [3.05, 3.63) is 43.7 Å². The minimum atomic E-state index is 0.267. The van der Waals surface area contributed by atoms with Crippen LogP contribution in [-0.2, 0) is 0 Å². The zero-order valence-electron chi connectivity index (χ0n) is 8.98. The molecule has 0 radical (unpaired) electrons. The Morgan fingerprint density at radius 2 is 1.94 bits per heavy atom. The van der Waals surface area contributed by atoms with E-state index in [0.29, 0.717) is 6.42 Å². The lowest BCUT2D eigenvalue weighted by Crippen LogP contribution is -1.94. The van der Waals surface area contributed by atoms with Gasteiger partial charge in [0.1, 0.15) is 0 Å². The fourth-order valence-electron chi connectivity index (χ4n) is 1.04. The minimum Gasteiger partial charge on any atom is -0.294 e. The molecular weight excluding hydrogens is 304 g/mol. The number of hydrogen-bond donors (Lipinski definition) is 0. The van der Waals surface area contributed by atoms with Crippen LogP contribution >= 0.6 is 38.6 Å². The van der Waals surface area contributed by atoms with E-state index in [0.717, 1.165) is 12.0 Å². The van der Waals surface area contributed by atoms with Gasteiger partial charge in [0.15, 0.2) is 5.78 Å². The first-order valence-electron chi connectivity index (χ1n) is 4.97. The van der Waals surface area contributed by atoms with Gasteiger partial charge in [-0.05, 0) is 45.2 Å². The molecule has 2 aromatic rings. The number of Topliss-reactive ketones (excluding diaryl/α,β-unsaturated/α-hetero) is 1. The molecule has 86 valence electrons. The van der Waals surface area contributed by atoms with Gasteiger partial charge in [0.25, 0.3) is 0 Å². The molecule has 0 unspecified atom stereocenters. The van der Waals surface area contributed by atoms with E-state index in [1.165, 1.54) is 4.47 Å². The van der Waals surface area contributed by atoms with Gasteiger partial charge in [-0.1, -0.05) is 6.92 Å². The Morgan fingerprint density at radius 3 is 2.31 bits per heavy atom. The van der Waals surface area contributed by atoms with Crippen molar-refractivity contribution in [2.75, 3.05) is 0 Å². The second-order valence-electron chi connectivity index (χ2n) is 3.13. The molecule has 0 aliphatic rings. The molecule has 2 rings (SSSR count). The normalized spacial score (nSPS) is 9.38. The van der Waals surface area contributed by atoms with Crippen molar-refractivity contribution >= 4 is 44.4 Å². The van der Waals surface area contributed by atoms with E-state index >= 15 is 0 Å². The highest BCUT2D eigenvalue weighted by Crippen LogP contribution is 2.11. The summed E-state index contributed by atoms with van der Waals surface area (Å²) in [6, 6.07) is 3.90. The Labute approximate surface area is 112 Å². The van der Waals surface area contributed by atoms with Gasteiger partial charge in [0.2, 0.25) is 0 Å². The van der Waals surface area contributed by atoms with Gasteiger partial charge >= 0.3 is 0 Å². The number of carbonyl (C=O) groups is 1. The Hall–Kier alpha value is -0.450. The fraction of sp³-hybridized carbons (Fsp3) is 0.250. The molecule has 0 aromatic carbocycles. The quantitative estimate of drug-likeness (QED) is 0.707. The van der Waals surface area contributed by atoms with Crippen molar-refractivity contribution in [3.8, 4) is 0 Å². The second kappa shape index (κ2) is 7.76. The zero-order valence-corrected chi connectivity index (χ0v) is 12.2. The summed E-state index contributed by atoms with van der Waals surface area (Å²) < 4.78 is 1.17. The average molecular weight is 317 g/mol. The molecule has 0 saturated heterocycles. The monoisotopic (exact) mass is 316 g/mol. The third kappa shape index (κ3) is 5.05. The lowest BCUT2D eigenvalue weighted by atomic mass is 10.1. The highest BCUT2D eigenvalue weighted by molar-refractivity contribution is 9.10. The molecule has 2 heterocycles. The molecular formula is C12H13BrOS2. The van der Waals surface area contributed by atoms with Crippen LogP contribution in [0.1, 0.15) is 30.1 Å². The number of thiophene rings is 2. The molecule has 4 heteroatoms. The Kier molecular flexibility index (Phi) is 6.61. The largest absolute Gasteiger partial charge is 0.294 e. The molecule has 0 N–H and O–H groups in total. The number of carbonyl (C=O) groups excluding carboxylic acids is 1. The predicted molar refractivity (Wildman–Crippen MR) is 75.6 cm³/mol. The number of ketones is 1. The maximum absolute atomic E-state index is 11.1. The molecule has 0 bridgehead atoms. The predicted octanol–water partition coefficient (Wildman–Crippen LogP) is 5.24. The van der Waals surface area contributed by atoms with Crippen LogP contribution in [0.2, 0.25) is 0 Å². The second-order valence-corrected chi connectivity index (χ2v) is 5.60. The SMILES string of the molecule is Brc1ccsc1.CCCC(=O)c1ccsc1. The van der Waals surface area contributed by atoms with Crippen LogP contribution in [0.4, 0.5) is 0 Å². The van der Waals surface area contributed by atoms with E-state index in [1.807, 2.05) is 40.6 Å². The standard InChI is InChI=1S/C8H10OS.C4H3BrS/c1-2-3-8(9)7-4-5-10-6-7;5-4-1-2-6-3-4/h4-6H,2-3H2,1H3;1-3H. The van der Waals surface area contributed by atoms with E-state index in [-0.39, 0.29) is 5.78 Å². The Bertz CT molecular complexity index is 393. The third-order valence-corrected chi connectivity index (χ3v) is 3.97. The molecule has 0 aliphatic heterocycles. The molecule has 0 spiro atoms. The van der Waals surface area contributed by atoms with Crippen LogP contribution in [-0.4, -0.2) is 5.78 Å². The number of rotatable bonds is 3. The number of hydrogen-bond acceptors (Lipinski definition) is 3. The summed E-state index contributed by atoms with van der Waals surface area (Å²) >= 11 is 6.56. The van der Waals surface area contributed by atoms with E-state index in [2.05, 4.69) is 15.9 Å². The third-order valence-electron chi connectivity index (χ3n) is 1.81. The van der Waals surface area contributed by atoms with Gasteiger partial charge in [-0.3, -0.25) is 4.79 Å². The zero-order chi connectivity index (χ0) is 11.8. The molecule has 1 nitrogen and oxygen atoms in total. The minimum absolute atomic E-state index is 0.267. The van der Waals surface area contributed by atoms with Crippen molar-refractivity contribution in [1.82, 2.24) is 0 Å². The average Bonchev–Trinajstić information content (AvgIpc) is 2.90. The van der Waals surface area contributed by atoms with Gasteiger partial charge in [-0.25, -0.2) is 0 Å². The van der Waals surface area contributed by atoms with Crippen LogP contribution in [0.25, 0.3) is 0 Å². The molecule has 0 aliphatic carbocycles. The van der Waals surface area contributed by atoms with Crippen LogP contribution in [0, 0.1) is 0 Å². The highest BCUT2D eigenvalue weighted by Gasteiger charge is 2.02. The fourth-order valence-corrected chi connectivity index (χ4v) is 2.85. The van der Waals surface area contributed by atoms with Crippen molar-refractivity contribution in [1.29, 1.82) is 0 Å². The van der Waals surface area contributed by atoms with Crippen molar-refractivity contribution in [2.45, 2.75) is 19.8 Å². The first-order chi connectivity index (χ1) is 7.74. The van der Waals surface area contributed by atoms with Crippen LogP contribution < -0.4 is 0 Å². The van der Waals surface area contributed by atoms with Crippen LogP contribution in [0.15, 0.2) is 38.1 Å².